The first-order valence-corrected chi connectivity index (χ1v) is 5.01. The van der Waals surface area contributed by atoms with Gasteiger partial charge in [0.1, 0.15) is 0 Å². The second-order valence-corrected chi connectivity index (χ2v) is 3.33. The standard InChI is InChI=1S/C11H17N3O/c1-3-13-11(15)14-10-5-4-9(7-12)8(2)6-10/h4-6H,3,7,12H2,1-2H3,(H2,13,14,15). The molecule has 0 atom stereocenters. The minimum atomic E-state index is -0.183. The number of aryl methyl sites for hydroxylation is 1. The Bertz CT molecular complexity index is 350. The Labute approximate surface area is 89.9 Å². The Morgan fingerprint density at radius 1 is 1.47 bits per heavy atom. The van der Waals surface area contributed by atoms with E-state index < -0.39 is 0 Å². The molecule has 4 N–H and O–H groups in total. The normalized spacial score (nSPS) is 9.80. The lowest BCUT2D eigenvalue weighted by molar-refractivity contribution is 0.252. The average molecular weight is 207 g/mol. The molecule has 1 aromatic rings. The summed E-state index contributed by atoms with van der Waals surface area (Å²) in [6, 6.07) is 5.51. The molecule has 0 saturated heterocycles. The number of carbonyl (C=O) groups excluding carboxylic acids is 1. The summed E-state index contributed by atoms with van der Waals surface area (Å²) in [6.07, 6.45) is 0. The Balaban J connectivity index is 2.71. The number of anilines is 1. The number of benzene rings is 1. The molecular formula is C11H17N3O. The zero-order chi connectivity index (χ0) is 11.3. The van der Waals surface area contributed by atoms with E-state index in [9.17, 15) is 4.79 Å². The van der Waals surface area contributed by atoms with Crippen molar-refractivity contribution in [2.45, 2.75) is 20.4 Å². The van der Waals surface area contributed by atoms with Gasteiger partial charge in [0.2, 0.25) is 0 Å². The molecule has 0 aromatic heterocycles. The fourth-order valence-electron chi connectivity index (χ4n) is 1.34. The van der Waals surface area contributed by atoms with Crippen molar-refractivity contribution in [3.05, 3.63) is 29.3 Å². The lowest BCUT2D eigenvalue weighted by atomic mass is 10.1. The minimum Gasteiger partial charge on any atom is -0.338 e. The Kier molecular flexibility index (Phi) is 4.12. The van der Waals surface area contributed by atoms with E-state index in [0.717, 1.165) is 16.8 Å². The van der Waals surface area contributed by atoms with Crippen molar-refractivity contribution in [2.24, 2.45) is 5.73 Å². The summed E-state index contributed by atoms with van der Waals surface area (Å²) in [6.45, 7) is 4.99. The van der Waals surface area contributed by atoms with Crippen molar-refractivity contribution in [2.75, 3.05) is 11.9 Å². The molecule has 1 rings (SSSR count). The van der Waals surface area contributed by atoms with Gasteiger partial charge in [-0.3, -0.25) is 0 Å². The quantitative estimate of drug-likeness (QED) is 0.704. The molecule has 82 valence electrons. The second kappa shape index (κ2) is 5.36. The molecule has 4 heteroatoms. The summed E-state index contributed by atoms with van der Waals surface area (Å²) in [7, 11) is 0. The van der Waals surface area contributed by atoms with E-state index in [0.29, 0.717) is 13.1 Å². The molecule has 0 aliphatic heterocycles. The van der Waals surface area contributed by atoms with Crippen molar-refractivity contribution in [1.29, 1.82) is 0 Å². The van der Waals surface area contributed by atoms with Gasteiger partial charge in [0.05, 0.1) is 0 Å². The highest BCUT2D eigenvalue weighted by Crippen LogP contribution is 2.14. The van der Waals surface area contributed by atoms with Gasteiger partial charge < -0.3 is 16.4 Å². The first-order chi connectivity index (χ1) is 7.17. The van der Waals surface area contributed by atoms with E-state index in [1.54, 1.807) is 0 Å². The topological polar surface area (TPSA) is 67.2 Å². The van der Waals surface area contributed by atoms with Crippen LogP contribution in [-0.4, -0.2) is 12.6 Å². The number of carbonyl (C=O) groups is 1. The van der Waals surface area contributed by atoms with Gasteiger partial charge in [-0.2, -0.15) is 0 Å². The molecule has 0 aliphatic rings. The minimum absolute atomic E-state index is 0.183. The number of hydrogen-bond donors (Lipinski definition) is 3. The number of urea groups is 1. The Morgan fingerprint density at radius 3 is 2.73 bits per heavy atom. The van der Waals surface area contributed by atoms with Crippen LogP contribution in [-0.2, 0) is 6.54 Å². The number of hydrogen-bond acceptors (Lipinski definition) is 2. The van der Waals surface area contributed by atoms with Gasteiger partial charge in [0.15, 0.2) is 0 Å². The summed E-state index contributed by atoms with van der Waals surface area (Å²) < 4.78 is 0. The molecule has 0 unspecified atom stereocenters. The van der Waals surface area contributed by atoms with E-state index in [4.69, 9.17) is 5.73 Å². The van der Waals surface area contributed by atoms with E-state index in [1.165, 1.54) is 0 Å². The highest BCUT2D eigenvalue weighted by atomic mass is 16.2. The molecule has 1 aromatic carbocycles. The monoisotopic (exact) mass is 207 g/mol. The van der Waals surface area contributed by atoms with E-state index in [1.807, 2.05) is 32.0 Å². The molecule has 0 spiro atoms. The van der Waals surface area contributed by atoms with Crippen molar-refractivity contribution in [3.63, 3.8) is 0 Å². The number of nitrogens with two attached hydrogens (primary N) is 1. The van der Waals surface area contributed by atoms with Crippen LogP contribution in [0, 0.1) is 6.92 Å². The van der Waals surface area contributed by atoms with Crippen LogP contribution in [0.4, 0.5) is 10.5 Å². The maximum Gasteiger partial charge on any atom is 0.319 e. The lowest BCUT2D eigenvalue weighted by Gasteiger charge is -2.08. The van der Waals surface area contributed by atoms with Gasteiger partial charge in [-0.05, 0) is 37.1 Å². The van der Waals surface area contributed by atoms with Crippen LogP contribution in [0.5, 0.6) is 0 Å². The summed E-state index contributed by atoms with van der Waals surface area (Å²) in [5, 5.41) is 5.41. The second-order valence-electron chi connectivity index (χ2n) is 3.33. The van der Waals surface area contributed by atoms with Crippen molar-refractivity contribution < 1.29 is 4.79 Å². The Hall–Kier alpha value is -1.55. The van der Waals surface area contributed by atoms with E-state index in [2.05, 4.69) is 10.6 Å². The average Bonchev–Trinajstić information content (AvgIpc) is 2.18. The molecule has 0 heterocycles. The zero-order valence-corrected chi connectivity index (χ0v) is 9.13. The highest BCUT2D eigenvalue weighted by molar-refractivity contribution is 5.89. The summed E-state index contributed by atoms with van der Waals surface area (Å²) in [4.78, 5) is 11.2. The van der Waals surface area contributed by atoms with Gasteiger partial charge in [-0.1, -0.05) is 6.07 Å². The van der Waals surface area contributed by atoms with Crippen LogP contribution in [0.1, 0.15) is 18.1 Å². The molecule has 0 fully saturated rings. The van der Waals surface area contributed by atoms with Crippen molar-refractivity contribution in [1.82, 2.24) is 5.32 Å². The molecule has 0 saturated carbocycles. The third-order valence-corrected chi connectivity index (χ3v) is 2.16. The predicted molar refractivity (Wildman–Crippen MR) is 61.8 cm³/mol. The summed E-state index contributed by atoms with van der Waals surface area (Å²) >= 11 is 0. The van der Waals surface area contributed by atoms with Gasteiger partial charge in [-0.25, -0.2) is 4.79 Å². The van der Waals surface area contributed by atoms with Crippen LogP contribution in [0.25, 0.3) is 0 Å². The molecular weight excluding hydrogens is 190 g/mol. The smallest absolute Gasteiger partial charge is 0.319 e. The van der Waals surface area contributed by atoms with Crippen molar-refractivity contribution >= 4 is 11.7 Å². The summed E-state index contributed by atoms with van der Waals surface area (Å²) in [5.74, 6) is 0. The van der Waals surface area contributed by atoms with Gasteiger partial charge >= 0.3 is 6.03 Å². The number of nitrogens with one attached hydrogen (secondary N) is 2. The van der Waals surface area contributed by atoms with Crippen LogP contribution in [0.3, 0.4) is 0 Å². The number of amides is 2. The zero-order valence-electron chi connectivity index (χ0n) is 9.13. The fraction of sp³-hybridized carbons (Fsp3) is 0.364. The van der Waals surface area contributed by atoms with Crippen LogP contribution in [0.15, 0.2) is 18.2 Å². The van der Waals surface area contributed by atoms with Crippen LogP contribution < -0.4 is 16.4 Å². The van der Waals surface area contributed by atoms with Crippen molar-refractivity contribution in [3.8, 4) is 0 Å². The first kappa shape index (κ1) is 11.5. The largest absolute Gasteiger partial charge is 0.338 e. The number of rotatable bonds is 3. The maximum absolute atomic E-state index is 11.2. The maximum atomic E-state index is 11.2. The summed E-state index contributed by atoms with van der Waals surface area (Å²) in [5.41, 5.74) is 8.52. The van der Waals surface area contributed by atoms with Crippen LogP contribution in [0.2, 0.25) is 0 Å². The third kappa shape index (κ3) is 3.25. The Morgan fingerprint density at radius 2 is 2.20 bits per heavy atom. The van der Waals surface area contributed by atoms with Crippen LogP contribution >= 0.6 is 0 Å². The molecule has 2 amide bonds. The molecule has 0 radical (unpaired) electrons. The van der Waals surface area contributed by atoms with E-state index in [-0.39, 0.29) is 6.03 Å². The molecule has 4 nitrogen and oxygen atoms in total. The predicted octanol–water partition coefficient (Wildman–Crippen LogP) is 1.60. The highest BCUT2D eigenvalue weighted by Gasteiger charge is 2.01. The third-order valence-electron chi connectivity index (χ3n) is 2.16. The molecule has 0 bridgehead atoms. The first-order valence-electron chi connectivity index (χ1n) is 5.01. The van der Waals surface area contributed by atoms with Gasteiger partial charge in [-0.15, -0.1) is 0 Å². The molecule has 15 heavy (non-hydrogen) atoms. The lowest BCUT2D eigenvalue weighted by Crippen LogP contribution is -2.28. The van der Waals surface area contributed by atoms with Gasteiger partial charge in [0.25, 0.3) is 0 Å². The fourth-order valence-corrected chi connectivity index (χ4v) is 1.34. The molecule has 0 aliphatic carbocycles. The van der Waals surface area contributed by atoms with E-state index >= 15 is 0 Å². The van der Waals surface area contributed by atoms with Gasteiger partial charge in [0, 0.05) is 18.8 Å². The SMILES string of the molecule is CCNC(=O)Nc1ccc(CN)c(C)c1.